The van der Waals surface area contributed by atoms with E-state index in [1.165, 1.54) is 0 Å². The van der Waals surface area contributed by atoms with Gasteiger partial charge in [0.1, 0.15) is 11.3 Å². The third-order valence-electron chi connectivity index (χ3n) is 4.88. The summed E-state index contributed by atoms with van der Waals surface area (Å²) in [5, 5.41) is 0. The highest BCUT2D eigenvalue weighted by atomic mass is 16.5. The van der Waals surface area contributed by atoms with Crippen LogP contribution in [0.5, 0.6) is 11.8 Å². The highest BCUT2D eigenvalue weighted by molar-refractivity contribution is 5.99. The van der Waals surface area contributed by atoms with Crippen molar-refractivity contribution >= 4 is 29.0 Å². The summed E-state index contributed by atoms with van der Waals surface area (Å²) < 4.78 is 12.7. The number of ether oxygens (including phenoxy) is 2. The van der Waals surface area contributed by atoms with Crippen molar-refractivity contribution in [2.45, 2.75) is 26.8 Å². The second-order valence-electron chi connectivity index (χ2n) is 6.47. The minimum absolute atomic E-state index is 0.351. The maximum atomic E-state index is 11.6. The second kappa shape index (κ2) is 6.53. The Bertz CT molecular complexity index is 1020. The van der Waals surface area contributed by atoms with E-state index in [1.54, 1.807) is 26.4 Å². The van der Waals surface area contributed by atoms with Crippen molar-refractivity contribution in [3.63, 3.8) is 0 Å². The van der Waals surface area contributed by atoms with Crippen LogP contribution in [-0.2, 0) is 6.54 Å². The van der Waals surface area contributed by atoms with Crippen LogP contribution < -0.4 is 14.4 Å². The van der Waals surface area contributed by atoms with Crippen LogP contribution in [0, 0.1) is 13.8 Å². The van der Waals surface area contributed by atoms with Gasteiger partial charge in [0.05, 0.1) is 36.8 Å². The number of nitrogens with zero attached hydrogens (tertiary/aromatic N) is 5. The maximum Gasteiger partial charge on any atom is 0.316 e. The predicted octanol–water partition coefficient (Wildman–Crippen LogP) is 2.81. The van der Waals surface area contributed by atoms with Crippen LogP contribution >= 0.6 is 0 Å². The van der Waals surface area contributed by atoms with E-state index < -0.39 is 0 Å². The monoisotopic (exact) mass is 367 g/mol. The van der Waals surface area contributed by atoms with Crippen LogP contribution in [0.3, 0.4) is 0 Å². The minimum atomic E-state index is 0.351. The van der Waals surface area contributed by atoms with E-state index in [0.29, 0.717) is 22.8 Å². The predicted molar refractivity (Wildman–Crippen MR) is 101 cm³/mol. The van der Waals surface area contributed by atoms with Crippen LogP contribution in [0.4, 0.5) is 11.6 Å². The van der Waals surface area contributed by atoms with E-state index in [1.807, 2.05) is 13.8 Å². The molecule has 1 aliphatic rings. The molecule has 3 heterocycles. The summed E-state index contributed by atoms with van der Waals surface area (Å²) in [6, 6.07) is 3.90. The molecule has 0 amide bonds. The average Bonchev–Trinajstić information content (AvgIpc) is 3.07. The molecule has 0 unspecified atom stereocenters. The molecule has 1 aromatic carbocycles. The van der Waals surface area contributed by atoms with Gasteiger partial charge in [0, 0.05) is 18.7 Å². The standard InChI is InChI=1S/C19H21N5O3/c1-11-16(12(2)21-18(20-11)27-4)23-8-5-9-24-17-13(10-25)6-7-14(26-3)15(17)22-19(23)24/h6-7,10H,5,8-9H2,1-4H3. The van der Waals surface area contributed by atoms with E-state index in [2.05, 4.69) is 19.4 Å². The van der Waals surface area contributed by atoms with Crippen LogP contribution in [0.1, 0.15) is 28.2 Å². The highest BCUT2D eigenvalue weighted by Crippen LogP contribution is 2.38. The summed E-state index contributed by atoms with van der Waals surface area (Å²) in [7, 11) is 3.17. The van der Waals surface area contributed by atoms with E-state index in [0.717, 1.165) is 54.3 Å². The summed E-state index contributed by atoms with van der Waals surface area (Å²) in [4.78, 5) is 27.4. The molecule has 0 bridgehead atoms. The van der Waals surface area contributed by atoms with E-state index in [4.69, 9.17) is 14.5 Å². The van der Waals surface area contributed by atoms with Gasteiger partial charge < -0.3 is 18.9 Å². The average molecular weight is 367 g/mol. The van der Waals surface area contributed by atoms with Gasteiger partial charge in [-0.05, 0) is 32.4 Å². The molecule has 140 valence electrons. The summed E-state index contributed by atoms with van der Waals surface area (Å²) in [6.45, 7) is 5.45. The van der Waals surface area contributed by atoms with Crippen LogP contribution in [0.2, 0.25) is 0 Å². The molecule has 3 aromatic rings. The lowest BCUT2D eigenvalue weighted by molar-refractivity contribution is 0.112. The van der Waals surface area contributed by atoms with Crippen molar-refractivity contribution in [2.24, 2.45) is 0 Å². The smallest absolute Gasteiger partial charge is 0.316 e. The zero-order valence-corrected chi connectivity index (χ0v) is 15.8. The number of fused-ring (bicyclic) bond motifs is 3. The molecule has 0 aliphatic carbocycles. The molecule has 0 radical (unpaired) electrons. The Kier molecular flexibility index (Phi) is 4.18. The molecule has 4 rings (SSSR count). The number of benzene rings is 1. The normalized spacial score (nSPS) is 13.6. The first kappa shape index (κ1) is 17.3. The fourth-order valence-electron chi connectivity index (χ4n) is 3.77. The van der Waals surface area contributed by atoms with Gasteiger partial charge >= 0.3 is 6.01 Å². The van der Waals surface area contributed by atoms with Crippen LogP contribution in [-0.4, -0.2) is 46.6 Å². The third kappa shape index (κ3) is 2.59. The minimum Gasteiger partial charge on any atom is -0.494 e. The lowest BCUT2D eigenvalue weighted by Gasteiger charge is -2.30. The van der Waals surface area contributed by atoms with Gasteiger partial charge in [0.15, 0.2) is 6.29 Å². The van der Waals surface area contributed by atoms with Gasteiger partial charge in [-0.25, -0.2) is 4.98 Å². The van der Waals surface area contributed by atoms with Gasteiger partial charge in [-0.15, -0.1) is 0 Å². The molecule has 8 heteroatoms. The molecule has 8 nitrogen and oxygen atoms in total. The third-order valence-corrected chi connectivity index (χ3v) is 4.88. The van der Waals surface area contributed by atoms with Crippen molar-refractivity contribution in [3.05, 3.63) is 29.1 Å². The zero-order valence-electron chi connectivity index (χ0n) is 15.8. The summed E-state index contributed by atoms with van der Waals surface area (Å²) in [6.07, 6.45) is 1.78. The number of imidazole rings is 1. The molecule has 0 saturated heterocycles. The number of methoxy groups -OCH3 is 2. The number of aromatic nitrogens is 4. The summed E-state index contributed by atoms with van der Waals surface area (Å²) >= 11 is 0. The zero-order chi connectivity index (χ0) is 19.1. The lowest BCUT2D eigenvalue weighted by atomic mass is 10.1. The Morgan fingerprint density at radius 2 is 1.78 bits per heavy atom. The number of hydrogen-bond acceptors (Lipinski definition) is 7. The second-order valence-corrected chi connectivity index (χ2v) is 6.47. The van der Waals surface area contributed by atoms with Gasteiger partial charge in [-0.3, -0.25) is 4.79 Å². The Balaban J connectivity index is 1.96. The molecule has 0 saturated carbocycles. The quantitative estimate of drug-likeness (QED) is 0.656. The molecule has 0 N–H and O–H groups in total. The maximum absolute atomic E-state index is 11.6. The Morgan fingerprint density at radius 3 is 2.41 bits per heavy atom. The van der Waals surface area contributed by atoms with Gasteiger partial charge in [-0.1, -0.05) is 0 Å². The molecule has 1 aliphatic heterocycles. The fraction of sp³-hybridized carbons (Fsp3) is 0.368. The first-order valence-electron chi connectivity index (χ1n) is 8.78. The Morgan fingerprint density at radius 1 is 1.04 bits per heavy atom. The first-order valence-corrected chi connectivity index (χ1v) is 8.78. The number of anilines is 2. The molecule has 27 heavy (non-hydrogen) atoms. The molecule has 0 spiro atoms. The molecular weight excluding hydrogens is 346 g/mol. The van der Waals surface area contributed by atoms with Gasteiger partial charge in [0.25, 0.3) is 0 Å². The molecular formula is C19H21N5O3. The largest absolute Gasteiger partial charge is 0.494 e. The van der Waals surface area contributed by atoms with Crippen LogP contribution in [0.25, 0.3) is 11.0 Å². The molecule has 0 atom stereocenters. The number of carbonyl (C=O) groups is 1. The topological polar surface area (TPSA) is 82.4 Å². The van der Waals surface area contributed by atoms with Gasteiger partial charge in [0.2, 0.25) is 5.95 Å². The molecule has 0 fully saturated rings. The fourth-order valence-corrected chi connectivity index (χ4v) is 3.77. The highest BCUT2D eigenvalue weighted by Gasteiger charge is 2.28. The number of carbonyl (C=O) groups excluding carboxylic acids is 1. The number of aldehydes is 1. The van der Waals surface area contributed by atoms with Gasteiger partial charge in [-0.2, -0.15) is 9.97 Å². The van der Waals surface area contributed by atoms with Crippen molar-refractivity contribution in [1.82, 2.24) is 19.5 Å². The van der Waals surface area contributed by atoms with Crippen LogP contribution in [0.15, 0.2) is 12.1 Å². The van der Waals surface area contributed by atoms with Crippen molar-refractivity contribution in [3.8, 4) is 11.8 Å². The number of aryl methyl sites for hydroxylation is 3. The summed E-state index contributed by atoms with van der Waals surface area (Å²) in [5.41, 5.74) is 4.65. The molecule has 2 aromatic heterocycles. The first-order chi connectivity index (χ1) is 13.1. The van der Waals surface area contributed by atoms with E-state index >= 15 is 0 Å². The lowest BCUT2D eigenvalue weighted by Crippen LogP contribution is -2.30. The Labute approximate surface area is 156 Å². The number of rotatable bonds is 4. The SMILES string of the molecule is COc1nc(C)c(N2CCCn3c2nc2c(OC)ccc(C=O)c23)c(C)n1. The van der Waals surface area contributed by atoms with Crippen molar-refractivity contribution in [1.29, 1.82) is 0 Å². The summed E-state index contributed by atoms with van der Waals surface area (Å²) in [5.74, 6) is 1.42. The van der Waals surface area contributed by atoms with Crippen molar-refractivity contribution < 1.29 is 14.3 Å². The van der Waals surface area contributed by atoms with E-state index in [9.17, 15) is 4.79 Å². The van der Waals surface area contributed by atoms with Crippen molar-refractivity contribution in [2.75, 3.05) is 25.7 Å². The van der Waals surface area contributed by atoms with E-state index in [-0.39, 0.29) is 0 Å². The Hall–Kier alpha value is -3.16. The number of hydrogen-bond donors (Lipinski definition) is 0.